The van der Waals surface area contributed by atoms with Gasteiger partial charge >= 0.3 is 0 Å². The summed E-state index contributed by atoms with van der Waals surface area (Å²) in [6.45, 7) is 4.04. The van der Waals surface area contributed by atoms with E-state index in [2.05, 4.69) is 10.3 Å². The predicted molar refractivity (Wildman–Crippen MR) is 85.0 cm³/mol. The third-order valence-electron chi connectivity index (χ3n) is 3.13. The average Bonchev–Trinajstić information content (AvgIpc) is 2.79. The molecule has 1 amide bonds. The monoisotopic (exact) mass is 342 g/mol. The Hall–Kier alpha value is -1.72. The van der Waals surface area contributed by atoms with Gasteiger partial charge in [0.2, 0.25) is 0 Å². The van der Waals surface area contributed by atoms with E-state index >= 15 is 0 Å². The minimum atomic E-state index is -0.349. The summed E-state index contributed by atoms with van der Waals surface area (Å²) >= 11 is 12.1. The van der Waals surface area contributed by atoms with Crippen molar-refractivity contribution in [1.29, 1.82) is 0 Å². The number of methoxy groups -OCH3 is 1. The summed E-state index contributed by atoms with van der Waals surface area (Å²) in [4.78, 5) is 16.5. The van der Waals surface area contributed by atoms with E-state index in [4.69, 9.17) is 32.4 Å². The molecule has 1 aromatic carbocycles. The fourth-order valence-corrected chi connectivity index (χ4v) is 2.60. The molecule has 1 heterocycles. The molecule has 0 bridgehead atoms. The standard InChI is InChI=1S/C15H16Cl2N2O3/c1-8-12(22-9(2)19-8)6-7-18-15(20)13-10(16)4-5-11(17)14(13)21-3/h4-5H,6-7H2,1-3H3,(H,18,20). The molecule has 0 saturated carbocycles. The van der Waals surface area contributed by atoms with Gasteiger partial charge in [-0.2, -0.15) is 0 Å². The molecular weight excluding hydrogens is 327 g/mol. The molecule has 0 unspecified atom stereocenters. The molecule has 1 aromatic heterocycles. The third-order valence-corrected chi connectivity index (χ3v) is 3.74. The number of hydrogen-bond acceptors (Lipinski definition) is 4. The Morgan fingerprint density at radius 2 is 2.00 bits per heavy atom. The van der Waals surface area contributed by atoms with E-state index in [1.807, 2.05) is 6.92 Å². The number of nitrogens with zero attached hydrogens (tertiary/aromatic N) is 1. The molecule has 118 valence electrons. The van der Waals surface area contributed by atoms with Crippen molar-refractivity contribution < 1.29 is 13.9 Å². The molecule has 2 aromatic rings. The predicted octanol–water partition coefficient (Wildman–Crippen LogP) is 3.58. The second-order valence-corrected chi connectivity index (χ2v) is 5.50. The smallest absolute Gasteiger partial charge is 0.256 e. The highest BCUT2D eigenvalue weighted by Gasteiger charge is 2.19. The van der Waals surface area contributed by atoms with E-state index in [1.54, 1.807) is 19.1 Å². The molecule has 0 atom stereocenters. The fraction of sp³-hybridized carbons (Fsp3) is 0.333. The van der Waals surface area contributed by atoms with Gasteiger partial charge < -0.3 is 14.5 Å². The largest absolute Gasteiger partial charge is 0.494 e. The fourth-order valence-electron chi connectivity index (χ4n) is 2.13. The van der Waals surface area contributed by atoms with Crippen molar-refractivity contribution in [3.63, 3.8) is 0 Å². The van der Waals surface area contributed by atoms with Gasteiger partial charge in [0.15, 0.2) is 11.6 Å². The van der Waals surface area contributed by atoms with Crippen molar-refractivity contribution in [3.8, 4) is 5.75 Å². The van der Waals surface area contributed by atoms with E-state index in [0.29, 0.717) is 23.9 Å². The number of rotatable bonds is 5. The summed E-state index contributed by atoms with van der Waals surface area (Å²) in [5.74, 6) is 1.27. The number of carbonyl (C=O) groups is 1. The van der Waals surface area contributed by atoms with Gasteiger partial charge in [-0.3, -0.25) is 4.79 Å². The highest BCUT2D eigenvalue weighted by molar-refractivity contribution is 6.37. The maximum absolute atomic E-state index is 12.3. The maximum atomic E-state index is 12.3. The molecule has 0 fully saturated rings. The van der Waals surface area contributed by atoms with Crippen LogP contribution in [-0.2, 0) is 6.42 Å². The lowest BCUT2D eigenvalue weighted by molar-refractivity contribution is 0.0951. The van der Waals surface area contributed by atoms with E-state index in [0.717, 1.165) is 11.5 Å². The summed E-state index contributed by atoms with van der Waals surface area (Å²) in [5.41, 5.74) is 1.05. The van der Waals surface area contributed by atoms with Crippen LogP contribution in [0.1, 0.15) is 27.7 Å². The van der Waals surface area contributed by atoms with E-state index in [-0.39, 0.29) is 22.2 Å². The van der Waals surface area contributed by atoms with Crippen LogP contribution in [-0.4, -0.2) is 24.5 Å². The van der Waals surface area contributed by atoms with Crippen LogP contribution in [0.15, 0.2) is 16.5 Å². The Kier molecular flexibility index (Phi) is 5.32. The van der Waals surface area contributed by atoms with Crippen LogP contribution in [0.25, 0.3) is 0 Å². The summed E-state index contributed by atoms with van der Waals surface area (Å²) < 4.78 is 10.6. The van der Waals surface area contributed by atoms with Gasteiger partial charge in [-0.25, -0.2) is 4.98 Å². The highest BCUT2D eigenvalue weighted by atomic mass is 35.5. The molecule has 0 saturated heterocycles. The van der Waals surface area contributed by atoms with Crippen molar-refractivity contribution in [2.45, 2.75) is 20.3 Å². The van der Waals surface area contributed by atoms with Crippen molar-refractivity contribution in [2.75, 3.05) is 13.7 Å². The lowest BCUT2D eigenvalue weighted by Crippen LogP contribution is -2.26. The lowest BCUT2D eigenvalue weighted by Gasteiger charge is -2.12. The van der Waals surface area contributed by atoms with Crippen LogP contribution in [0, 0.1) is 13.8 Å². The van der Waals surface area contributed by atoms with Gasteiger partial charge in [-0.05, 0) is 19.1 Å². The first-order valence-electron chi connectivity index (χ1n) is 6.67. The molecule has 0 radical (unpaired) electrons. The number of hydrogen-bond donors (Lipinski definition) is 1. The number of aromatic nitrogens is 1. The molecule has 5 nitrogen and oxygen atoms in total. The van der Waals surface area contributed by atoms with E-state index in [9.17, 15) is 4.79 Å². The van der Waals surface area contributed by atoms with Gasteiger partial charge in [0, 0.05) is 19.9 Å². The maximum Gasteiger partial charge on any atom is 0.256 e. The van der Waals surface area contributed by atoms with Gasteiger partial charge in [-0.15, -0.1) is 0 Å². The summed E-state index contributed by atoms with van der Waals surface area (Å²) in [6, 6.07) is 3.14. The molecule has 2 rings (SSSR count). The van der Waals surface area contributed by atoms with Gasteiger partial charge in [0.1, 0.15) is 11.3 Å². The van der Waals surface area contributed by atoms with Crippen LogP contribution in [0.3, 0.4) is 0 Å². The third kappa shape index (κ3) is 3.54. The van der Waals surface area contributed by atoms with E-state index in [1.165, 1.54) is 7.11 Å². The Morgan fingerprint density at radius 1 is 1.32 bits per heavy atom. The normalized spacial score (nSPS) is 10.6. The molecule has 7 heteroatoms. The van der Waals surface area contributed by atoms with Gasteiger partial charge in [-0.1, -0.05) is 23.2 Å². The molecule has 0 aliphatic carbocycles. The van der Waals surface area contributed by atoms with E-state index < -0.39 is 0 Å². The summed E-state index contributed by atoms with van der Waals surface area (Å²) in [6.07, 6.45) is 0.541. The quantitative estimate of drug-likeness (QED) is 0.901. The number of carbonyl (C=O) groups excluding carboxylic acids is 1. The molecule has 0 spiro atoms. The summed E-state index contributed by atoms with van der Waals surface area (Å²) in [7, 11) is 1.44. The SMILES string of the molecule is COc1c(Cl)ccc(Cl)c1C(=O)NCCc1oc(C)nc1C. The number of aryl methyl sites for hydroxylation is 2. The van der Waals surface area contributed by atoms with Crippen LogP contribution >= 0.6 is 23.2 Å². The van der Waals surface area contributed by atoms with Crippen LogP contribution in [0.4, 0.5) is 0 Å². The number of nitrogens with one attached hydrogen (secondary N) is 1. The van der Waals surface area contributed by atoms with Crippen molar-refractivity contribution in [2.24, 2.45) is 0 Å². The van der Waals surface area contributed by atoms with Crippen molar-refractivity contribution in [1.82, 2.24) is 10.3 Å². The minimum Gasteiger partial charge on any atom is -0.494 e. The lowest BCUT2D eigenvalue weighted by atomic mass is 10.1. The zero-order valence-corrected chi connectivity index (χ0v) is 14.0. The molecular formula is C15H16Cl2N2O3. The average molecular weight is 343 g/mol. The topological polar surface area (TPSA) is 64.4 Å². The van der Waals surface area contributed by atoms with Crippen molar-refractivity contribution >= 4 is 29.1 Å². The zero-order valence-electron chi connectivity index (χ0n) is 12.5. The second kappa shape index (κ2) is 7.03. The molecule has 0 aliphatic heterocycles. The van der Waals surface area contributed by atoms with Gasteiger partial charge in [0.25, 0.3) is 5.91 Å². The van der Waals surface area contributed by atoms with Crippen LogP contribution in [0.2, 0.25) is 10.0 Å². The van der Waals surface area contributed by atoms with Gasteiger partial charge in [0.05, 0.1) is 22.8 Å². The first kappa shape index (κ1) is 16.6. The molecule has 1 N–H and O–H groups in total. The number of halogens is 2. The van der Waals surface area contributed by atoms with Crippen molar-refractivity contribution in [3.05, 3.63) is 45.1 Å². The Bertz CT molecular complexity index is 698. The Labute approximate surface area is 138 Å². The summed E-state index contributed by atoms with van der Waals surface area (Å²) in [5, 5.41) is 3.39. The number of oxazole rings is 1. The zero-order chi connectivity index (χ0) is 16.3. The number of benzene rings is 1. The second-order valence-electron chi connectivity index (χ2n) is 4.68. The molecule has 0 aliphatic rings. The Morgan fingerprint density at radius 3 is 2.59 bits per heavy atom. The highest BCUT2D eigenvalue weighted by Crippen LogP contribution is 2.33. The first-order valence-corrected chi connectivity index (χ1v) is 7.42. The minimum absolute atomic E-state index is 0.224. The molecule has 22 heavy (non-hydrogen) atoms. The van der Waals surface area contributed by atoms with Crippen LogP contribution in [0.5, 0.6) is 5.75 Å². The Balaban J connectivity index is 2.07. The van der Waals surface area contributed by atoms with Crippen LogP contribution < -0.4 is 10.1 Å². The number of ether oxygens (including phenoxy) is 1. The number of amides is 1. The first-order chi connectivity index (χ1) is 10.4.